The second-order valence-corrected chi connectivity index (χ2v) is 5.21. The number of hydrogen-bond acceptors (Lipinski definition) is 4. The van der Waals surface area contributed by atoms with Crippen LogP contribution in [0.25, 0.3) is 0 Å². The molecule has 0 spiro atoms. The number of aliphatic carboxylic acids is 1. The molecule has 1 heterocycles. The van der Waals surface area contributed by atoms with Crippen molar-refractivity contribution in [2.24, 2.45) is 0 Å². The summed E-state index contributed by atoms with van der Waals surface area (Å²) in [6.07, 6.45) is 0. The molecule has 0 amide bonds. The molecule has 0 aromatic heterocycles. The number of halogens is 1. The molecule has 2 unspecified atom stereocenters. The topological polar surface area (TPSA) is 72.8 Å². The van der Waals surface area contributed by atoms with Gasteiger partial charge in [0.1, 0.15) is 11.8 Å². The minimum absolute atomic E-state index is 0.0387. The average Bonchev–Trinajstić information content (AvgIpc) is 2.33. The van der Waals surface area contributed by atoms with Crippen molar-refractivity contribution in [2.45, 2.75) is 19.0 Å². The number of phenolic OH excluding ortho intramolecular Hbond substituents is 1. The molecule has 2 atom stereocenters. The fourth-order valence-electron chi connectivity index (χ4n) is 2.40. The predicted molar refractivity (Wildman–Crippen MR) is 72.5 cm³/mol. The normalized spacial score (nSPS) is 22.1. The molecule has 2 rings (SSSR count). The van der Waals surface area contributed by atoms with Gasteiger partial charge in [-0.1, -0.05) is 17.7 Å². The summed E-state index contributed by atoms with van der Waals surface area (Å²) in [6, 6.07) is 4.07. The summed E-state index contributed by atoms with van der Waals surface area (Å²) < 4.78 is 0. The standard InChI is InChI=1S/C13H17ClN2O3/c1-8-7-16(5-4-15-8)12(13(18)19)9-2-3-11(17)10(14)6-9/h2-3,6,8,12,15,17H,4-5,7H2,1H3,(H,18,19). The van der Waals surface area contributed by atoms with Crippen molar-refractivity contribution in [1.29, 1.82) is 0 Å². The van der Waals surface area contributed by atoms with E-state index in [1.54, 1.807) is 6.07 Å². The van der Waals surface area contributed by atoms with Crippen LogP contribution in [0.15, 0.2) is 18.2 Å². The molecule has 1 fully saturated rings. The van der Waals surface area contributed by atoms with Gasteiger partial charge in [-0.05, 0) is 24.6 Å². The summed E-state index contributed by atoms with van der Waals surface area (Å²) in [7, 11) is 0. The molecular formula is C13H17ClN2O3. The fourth-order valence-corrected chi connectivity index (χ4v) is 2.59. The zero-order valence-electron chi connectivity index (χ0n) is 10.6. The molecule has 6 heteroatoms. The number of phenols is 1. The molecule has 0 saturated carbocycles. The van der Waals surface area contributed by atoms with Crippen molar-refractivity contribution in [3.05, 3.63) is 28.8 Å². The lowest BCUT2D eigenvalue weighted by Crippen LogP contribution is -2.51. The van der Waals surface area contributed by atoms with E-state index in [-0.39, 0.29) is 16.8 Å². The first-order chi connectivity index (χ1) is 8.99. The fraction of sp³-hybridized carbons (Fsp3) is 0.462. The third-order valence-electron chi connectivity index (χ3n) is 3.29. The number of hydrogen-bond donors (Lipinski definition) is 3. The van der Waals surface area contributed by atoms with Gasteiger partial charge in [0, 0.05) is 25.7 Å². The number of nitrogens with zero attached hydrogens (tertiary/aromatic N) is 1. The van der Waals surface area contributed by atoms with Crippen LogP contribution >= 0.6 is 11.6 Å². The van der Waals surface area contributed by atoms with Gasteiger partial charge in [0.05, 0.1) is 5.02 Å². The molecule has 1 aliphatic heterocycles. The summed E-state index contributed by atoms with van der Waals surface area (Å²) in [5.74, 6) is -0.945. The van der Waals surface area contributed by atoms with Crippen molar-refractivity contribution in [3.8, 4) is 5.75 Å². The van der Waals surface area contributed by atoms with Crippen molar-refractivity contribution < 1.29 is 15.0 Å². The van der Waals surface area contributed by atoms with Crippen LogP contribution in [0.3, 0.4) is 0 Å². The molecule has 1 aromatic rings. The molecule has 5 nitrogen and oxygen atoms in total. The van der Waals surface area contributed by atoms with Crippen LogP contribution in [-0.2, 0) is 4.79 Å². The van der Waals surface area contributed by atoms with Crippen LogP contribution in [0, 0.1) is 0 Å². The quantitative estimate of drug-likeness (QED) is 0.784. The number of carboxylic acid groups (broad SMARTS) is 1. The van der Waals surface area contributed by atoms with E-state index in [0.717, 1.165) is 6.54 Å². The number of carboxylic acids is 1. The Balaban J connectivity index is 2.28. The minimum Gasteiger partial charge on any atom is -0.506 e. The Bertz CT molecular complexity index is 481. The Hall–Kier alpha value is -1.30. The Labute approximate surface area is 116 Å². The molecule has 3 N–H and O–H groups in total. The van der Waals surface area contributed by atoms with E-state index >= 15 is 0 Å². The molecule has 19 heavy (non-hydrogen) atoms. The highest BCUT2D eigenvalue weighted by Gasteiger charge is 2.30. The average molecular weight is 285 g/mol. The predicted octanol–water partition coefficient (Wildman–Crippen LogP) is 1.47. The highest BCUT2D eigenvalue weighted by atomic mass is 35.5. The summed E-state index contributed by atoms with van der Waals surface area (Å²) in [5.41, 5.74) is 0.587. The maximum Gasteiger partial charge on any atom is 0.325 e. The second kappa shape index (κ2) is 5.77. The van der Waals surface area contributed by atoms with E-state index in [0.29, 0.717) is 18.7 Å². The van der Waals surface area contributed by atoms with Gasteiger partial charge in [0.15, 0.2) is 0 Å². The van der Waals surface area contributed by atoms with E-state index in [1.807, 2.05) is 11.8 Å². The highest BCUT2D eigenvalue weighted by molar-refractivity contribution is 6.32. The van der Waals surface area contributed by atoms with E-state index < -0.39 is 12.0 Å². The Morgan fingerprint density at radius 2 is 2.32 bits per heavy atom. The van der Waals surface area contributed by atoms with E-state index in [2.05, 4.69) is 5.32 Å². The zero-order valence-corrected chi connectivity index (χ0v) is 11.4. The zero-order chi connectivity index (χ0) is 14.0. The first-order valence-corrected chi connectivity index (χ1v) is 6.55. The Morgan fingerprint density at radius 1 is 1.58 bits per heavy atom. The largest absolute Gasteiger partial charge is 0.506 e. The van der Waals surface area contributed by atoms with Crippen LogP contribution in [0.5, 0.6) is 5.75 Å². The van der Waals surface area contributed by atoms with E-state index in [1.165, 1.54) is 12.1 Å². The van der Waals surface area contributed by atoms with Gasteiger partial charge in [-0.25, -0.2) is 0 Å². The molecule has 1 aromatic carbocycles. The maximum atomic E-state index is 11.5. The van der Waals surface area contributed by atoms with Crippen LogP contribution in [0.1, 0.15) is 18.5 Å². The lowest BCUT2D eigenvalue weighted by molar-refractivity contribution is -0.144. The van der Waals surface area contributed by atoms with Crippen molar-refractivity contribution in [2.75, 3.05) is 19.6 Å². The van der Waals surface area contributed by atoms with Crippen LogP contribution < -0.4 is 5.32 Å². The highest BCUT2D eigenvalue weighted by Crippen LogP contribution is 2.29. The maximum absolute atomic E-state index is 11.5. The van der Waals surface area contributed by atoms with Crippen LogP contribution in [0.2, 0.25) is 5.02 Å². The number of nitrogens with one attached hydrogen (secondary N) is 1. The van der Waals surface area contributed by atoms with Gasteiger partial charge >= 0.3 is 5.97 Å². The molecule has 0 aliphatic carbocycles. The summed E-state index contributed by atoms with van der Waals surface area (Å²) in [5, 5.41) is 22.3. The van der Waals surface area contributed by atoms with Gasteiger partial charge in [-0.2, -0.15) is 0 Å². The first-order valence-electron chi connectivity index (χ1n) is 6.17. The third kappa shape index (κ3) is 3.18. The third-order valence-corrected chi connectivity index (χ3v) is 3.59. The molecule has 104 valence electrons. The van der Waals surface area contributed by atoms with Crippen LogP contribution in [-0.4, -0.2) is 46.8 Å². The van der Waals surface area contributed by atoms with Crippen molar-refractivity contribution in [3.63, 3.8) is 0 Å². The van der Waals surface area contributed by atoms with Gasteiger partial charge in [0.2, 0.25) is 0 Å². The van der Waals surface area contributed by atoms with Gasteiger partial charge in [-0.15, -0.1) is 0 Å². The number of benzene rings is 1. The smallest absolute Gasteiger partial charge is 0.325 e. The minimum atomic E-state index is -0.907. The van der Waals surface area contributed by atoms with Gasteiger partial charge < -0.3 is 15.5 Å². The number of piperazine rings is 1. The number of rotatable bonds is 3. The Kier molecular flexibility index (Phi) is 4.29. The first kappa shape index (κ1) is 14.1. The van der Waals surface area contributed by atoms with Gasteiger partial charge in [-0.3, -0.25) is 9.69 Å². The van der Waals surface area contributed by atoms with E-state index in [9.17, 15) is 15.0 Å². The van der Waals surface area contributed by atoms with Crippen molar-refractivity contribution in [1.82, 2.24) is 10.2 Å². The van der Waals surface area contributed by atoms with Gasteiger partial charge in [0.25, 0.3) is 0 Å². The lowest BCUT2D eigenvalue weighted by atomic mass is 10.0. The van der Waals surface area contributed by atoms with E-state index in [4.69, 9.17) is 11.6 Å². The molecule has 1 aliphatic rings. The number of carbonyl (C=O) groups is 1. The SMILES string of the molecule is CC1CN(C(C(=O)O)c2ccc(O)c(Cl)c2)CCN1. The molecule has 0 bridgehead atoms. The summed E-state index contributed by atoms with van der Waals surface area (Å²) in [6.45, 7) is 4.11. The van der Waals surface area contributed by atoms with Crippen LogP contribution in [0.4, 0.5) is 0 Å². The Morgan fingerprint density at radius 3 is 2.89 bits per heavy atom. The molecule has 0 radical (unpaired) electrons. The van der Waals surface area contributed by atoms with Crippen molar-refractivity contribution >= 4 is 17.6 Å². The molecule has 1 saturated heterocycles. The summed E-state index contributed by atoms with van der Waals surface area (Å²) >= 11 is 5.86. The monoisotopic (exact) mass is 284 g/mol. The second-order valence-electron chi connectivity index (χ2n) is 4.80. The summed E-state index contributed by atoms with van der Waals surface area (Å²) in [4.78, 5) is 13.4. The molecular weight excluding hydrogens is 268 g/mol. The lowest BCUT2D eigenvalue weighted by Gasteiger charge is -2.36. The number of aromatic hydroxyl groups is 1.